The molecule has 1 saturated heterocycles. The lowest BCUT2D eigenvalue weighted by atomic mass is 9.96. The van der Waals surface area contributed by atoms with Crippen molar-refractivity contribution in [3.63, 3.8) is 0 Å². The maximum atomic E-state index is 12.4. The molecule has 142 valence electrons. The lowest BCUT2D eigenvalue weighted by Gasteiger charge is -2.31. The fourth-order valence-electron chi connectivity index (χ4n) is 3.18. The van der Waals surface area contributed by atoms with Gasteiger partial charge in [0.15, 0.2) is 0 Å². The first-order valence-corrected chi connectivity index (χ1v) is 9.36. The van der Waals surface area contributed by atoms with E-state index in [-0.39, 0.29) is 11.8 Å². The van der Waals surface area contributed by atoms with E-state index in [9.17, 15) is 4.79 Å². The number of rotatable bonds is 7. The molecule has 7 heteroatoms. The Kier molecular flexibility index (Phi) is 6.44. The van der Waals surface area contributed by atoms with E-state index in [0.29, 0.717) is 12.2 Å². The topological polar surface area (TPSA) is 83.2 Å². The number of aromatic nitrogens is 2. The molecule has 1 aliphatic rings. The molecule has 27 heavy (non-hydrogen) atoms. The molecule has 3 rings (SSSR count). The van der Waals surface area contributed by atoms with Crippen molar-refractivity contribution in [2.24, 2.45) is 5.92 Å². The van der Waals surface area contributed by atoms with Crippen LogP contribution in [0.5, 0.6) is 5.75 Å². The Labute approximate surface area is 159 Å². The Morgan fingerprint density at radius 3 is 2.70 bits per heavy atom. The van der Waals surface area contributed by atoms with Crippen molar-refractivity contribution in [1.29, 1.82) is 5.26 Å². The van der Waals surface area contributed by atoms with Crippen LogP contribution < -0.4 is 10.1 Å². The summed E-state index contributed by atoms with van der Waals surface area (Å²) in [5.74, 6) is 0.903. The van der Waals surface area contributed by atoms with Crippen LogP contribution in [0.3, 0.4) is 0 Å². The smallest absolute Gasteiger partial charge is 0.227 e. The average molecular weight is 367 g/mol. The van der Waals surface area contributed by atoms with E-state index < -0.39 is 0 Å². The lowest BCUT2D eigenvalue weighted by Crippen LogP contribution is -2.39. The van der Waals surface area contributed by atoms with Gasteiger partial charge in [-0.3, -0.25) is 14.4 Å². The fourth-order valence-corrected chi connectivity index (χ4v) is 3.18. The SMILES string of the molecule is CCn1cc(NC(=O)C2CCN(CCOc3ccc(C#N)cc3)CC2)cn1. The molecule has 7 nitrogen and oxygen atoms in total. The number of amides is 1. The quantitative estimate of drug-likeness (QED) is 0.813. The number of carbonyl (C=O) groups excluding carboxylic acids is 1. The highest BCUT2D eigenvalue weighted by Crippen LogP contribution is 2.19. The van der Waals surface area contributed by atoms with Gasteiger partial charge in [-0.05, 0) is 57.1 Å². The van der Waals surface area contributed by atoms with Crippen LogP contribution in [-0.2, 0) is 11.3 Å². The summed E-state index contributed by atoms with van der Waals surface area (Å²) < 4.78 is 7.53. The van der Waals surface area contributed by atoms with Crippen molar-refractivity contribution >= 4 is 11.6 Å². The number of carbonyl (C=O) groups is 1. The number of likely N-dealkylation sites (tertiary alicyclic amines) is 1. The van der Waals surface area contributed by atoms with Gasteiger partial charge in [0.25, 0.3) is 0 Å². The predicted octanol–water partition coefficient (Wildman–Crippen LogP) is 2.50. The molecule has 2 aromatic rings. The monoisotopic (exact) mass is 367 g/mol. The number of ether oxygens (including phenoxy) is 1. The van der Waals surface area contributed by atoms with Crippen molar-refractivity contribution < 1.29 is 9.53 Å². The molecule has 2 heterocycles. The summed E-state index contributed by atoms with van der Waals surface area (Å²) in [5.41, 5.74) is 1.39. The molecule has 1 aliphatic heterocycles. The van der Waals surface area contributed by atoms with E-state index in [1.165, 1.54) is 0 Å². The summed E-state index contributed by atoms with van der Waals surface area (Å²) in [6, 6.07) is 9.23. The van der Waals surface area contributed by atoms with Crippen LogP contribution in [0, 0.1) is 17.2 Å². The molecular formula is C20H25N5O2. The summed E-state index contributed by atoms with van der Waals surface area (Å²) in [7, 11) is 0. The Bertz CT molecular complexity index is 785. The van der Waals surface area contributed by atoms with Crippen LogP contribution in [-0.4, -0.2) is 46.8 Å². The van der Waals surface area contributed by atoms with Gasteiger partial charge in [0, 0.05) is 25.2 Å². The minimum atomic E-state index is 0.0469. The maximum Gasteiger partial charge on any atom is 0.227 e. The molecule has 0 saturated carbocycles. The molecule has 0 atom stereocenters. The van der Waals surface area contributed by atoms with Gasteiger partial charge in [0.2, 0.25) is 5.91 Å². The summed E-state index contributed by atoms with van der Waals surface area (Å²) >= 11 is 0. The molecule has 0 radical (unpaired) electrons. The molecule has 0 bridgehead atoms. The van der Waals surface area contributed by atoms with Crippen LogP contribution in [0.15, 0.2) is 36.7 Å². The third-order valence-corrected chi connectivity index (χ3v) is 4.84. The normalized spacial score (nSPS) is 15.3. The molecule has 0 aliphatic carbocycles. The molecule has 1 fully saturated rings. The number of anilines is 1. The summed E-state index contributed by atoms with van der Waals surface area (Å²) in [5, 5.41) is 15.9. The van der Waals surface area contributed by atoms with Crippen LogP contribution in [0.4, 0.5) is 5.69 Å². The number of benzene rings is 1. The lowest BCUT2D eigenvalue weighted by molar-refractivity contribution is -0.121. The van der Waals surface area contributed by atoms with Gasteiger partial charge in [-0.15, -0.1) is 0 Å². The Morgan fingerprint density at radius 2 is 2.07 bits per heavy atom. The third kappa shape index (κ3) is 5.31. The van der Waals surface area contributed by atoms with Gasteiger partial charge in [-0.1, -0.05) is 0 Å². The zero-order valence-corrected chi connectivity index (χ0v) is 15.6. The zero-order valence-electron chi connectivity index (χ0n) is 15.6. The standard InChI is InChI=1S/C20H25N5O2/c1-2-25-15-18(14-22-25)23-20(26)17-7-9-24(10-8-17)11-12-27-19-5-3-16(13-21)4-6-19/h3-6,14-15,17H,2,7-12H2,1H3,(H,23,26). The van der Waals surface area contributed by atoms with Crippen molar-refractivity contribution in [3.8, 4) is 11.8 Å². The van der Waals surface area contributed by atoms with Crippen molar-refractivity contribution in [1.82, 2.24) is 14.7 Å². The second-order valence-corrected chi connectivity index (χ2v) is 6.67. The zero-order chi connectivity index (χ0) is 19.1. The van der Waals surface area contributed by atoms with Crippen LogP contribution >= 0.6 is 0 Å². The molecule has 1 amide bonds. The van der Waals surface area contributed by atoms with Crippen molar-refractivity contribution in [3.05, 3.63) is 42.2 Å². The molecule has 0 spiro atoms. The van der Waals surface area contributed by atoms with Crippen molar-refractivity contribution in [2.45, 2.75) is 26.3 Å². The van der Waals surface area contributed by atoms with Gasteiger partial charge in [0.05, 0.1) is 23.5 Å². The number of hydrogen-bond donors (Lipinski definition) is 1. The molecule has 1 aromatic carbocycles. The van der Waals surface area contributed by atoms with Gasteiger partial charge >= 0.3 is 0 Å². The van der Waals surface area contributed by atoms with Crippen molar-refractivity contribution in [2.75, 3.05) is 31.6 Å². The minimum absolute atomic E-state index is 0.0469. The summed E-state index contributed by atoms with van der Waals surface area (Å²) in [4.78, 5) is 14.7. The first-order chi connectivity index (χ1) is 13.2. The molecule has 0 unspecified atom stereocenters. The fraction of sp³-hybridized carbons (Fsp3) is 0.450. The van der Waals surface area contributed by atoms with Gasteiger partial charge in [-0.25, -0.2) is 0 Å². The summed E-state index contributed by atoms with van der Waals surface area (Å²) in [6.45, 7) is 6.01. The van der Waals surface area contributed by atoms with Crippen LogP contribution in [0.25, 0.3) is 0 Å². The predicted molar refractivity (Wildman–Crippen MR) is 102 cm³/mol. The summed E-state index contributed by atoms with van der Waals surface area (Å²) in [6.07, 6.45) is 5.25. The number of nitrogens with one attached hydrogen (secondary N) is 1. The minimum Gasteiger partial charge on any atom is -0.492 e. The maximum absolute atomic E-state index is 12.4. The second kappa shape index (κ2) is 9.19. The highest BCUT2D eigenvalue weighted by Gasteiger charge is 2.25. The van der Waals surface area contributed by atoms with Crippen LogP contribution in [0.2, 0.25) is 0 Å². The highest BCUT2D eigenvalue weighted by atomic mass is 16.5. The number of piperidine rings is 1. The second-order valence-electron chi connectivity index (χ2n) is 6.67. The number of nitriles is 1. The van der Waals surface area contributed by atoms with Gasteiger partial charge in [-0.2, -0.15) is 10.4 Å². The largest absolute Gasteiger partial charge is 0.492 e. The molecule has 1 aromatic heterocycles. The Hall–Kier alpha value is -2.85. The van der Waals surface area contributed by atoms with E-state index in [1.807, 2.05) is 25.3 Å². The van der Waals surface area contributed by atoms with Gasteiger partial charge in [0.1, 0.15) is 12.4 Å². The highest BCUT2D eigenvalue weighted by molar-refractivity contribution is 5.92. The number of aryl methyl sites for hydroxylation is 1. The van der Waals surface area contributed by atoms with Crippen LogP contribution in [0.1, 0.15) is 25.3 Å². The molecular weight excluding hydrogens is 342 g/mol. The Morgan fingerprint density at radius 1 is 1.33 bits per heavy atom. The van der Waals surface area contributed by atoms with E-state index in [0.717, 1.165) is 50.5 Å². The third-order valence-electron chi connectivity index (χ3n) is 4.84. The average Bonchev–Trinajstić information content (AvgIpc) is 3.16. The van der Waals surface area contributed by atoms with E-state index in [4.69, 9.17) is 10.00 Å². The number of nitrogens with zero attached hydrogens (tertiary/aromatic N) is 4. The first kappa shape index (κ1) is 18.9. The number of hydrogen-bond acceptors (Lipinski definition) is 5. The van der Waals surface area contributed by atoms with E-state index in [2.05, 4.69) is 21.4 Å². The molecule has 1 N–H and O–H groups in total. The first-order valence-electron chi connectivity index (χ1n) is 9.36. The van der Waals surface area contributed by atoms with Gasteiger partial charge < -0.3 is 10.1 Å². The Balaban J connectivity index is 1.36. The van der Waals surface area contributed by atoms with E-state index >= 15 is 0 Å². The van der Waals surface area contributed by atoms with E-state index in [1.54, 1.807) is 23.0 Å².